The van der Waals surface area contributed by atoms with Gasteiger partial charge in [-0.15, -0.1) is 0 Å². The average Bonchev–Trinajstić information content (AvgIpc) is 2.89. The van der Waals surface area contributed by atoms with E-state index in [0.717, 1.165) is 15.8 Å². The van der Waals surface area contributed by atoms with Gasteiger partial charge in [-0.3, -0.25) is 4.72 Å². The minimum atomic E-state index is -3.57. The number of rotatable bonds is 6. The van der Waals surface area contributed by atoms with Crippen molar-refractivity contribution >= 4 is 36.7 Å². The van der Waals surface area contributed by atoms with Crippen LogP contribution in [0.25, 0.3) is 10.2 Å². The number of nitrogens with zero attached hydrogens (tertiary/aromatic N) is 1. The van der Waals surface area contributed by atoms with Crippen LogP contribution >= 0.6 is 11.3 Å². The Morgan fingerprint density at radius 2 is 1.96 bits per heavy atom. The predicted octanol–water partition coefficient (Wildman–Crippen LogP) is 3.56. The first-order valence-electron chi connectivity index (χ1n) is 7.17. The van der Waals surface area contributed by atoms with Gasteiger partial charge in [-0.1, -0.05) is 17.4 Å². The molecular weight excluding hydrogens is 351 g/mol. The second-order valence-electron chi connectivity index (χ2n) is 5.21. The molecule has 2 aromatic carbocycles. The molecule has 1 aromatic heterocycles. The number of thiazole rings is 1. The number of hydrogen-bond donors (Lipinski definition) is 1. The third kappa shape index (κ3) is 4.21. The van der Waals surface area contributed by atoms with Crippen molar-refractivity contribution < 1.29 is 17.5 Å². The number of fused-ring (bicyclic) bond motifs is 1. The molecule has 24 heavy (non-hydrogen) atoms. The fourth-order valence-corrected chi connectivity index (χ4v) is 4.14. The topological polar surface area (TPSA) is 68.3 Å². The molecular formula is C16H15FN2O3S2. The van der Waals surface area contributed by atoms with Gasteiger partial charge in [0.05, 0.1) is 10.2 Å². The number of benzene rings is 2. The molecule has 3 aromatic rings. The van der Waals surface area contributed by atoms with Gasteiger partial charge in [0, 0.05) is 0 Å². The molecule has 0 aliphatic carbocycles. The van der Waals surface area contributed by atoms with Gasteiger partial charge >= 0.3 is 0 Å². The van der Waals surface area contributed by atoms with Gasteiger partial charge in [0.15, 0.2) is 5.13 Å². The van der Waals surface area contributed by atoms with Crippen LogP contribution in [0, 0.1) is 12.7 Å². The Kier molecular flexibility index (Phi) is 4.68. The fourth-order valence-electron chi connectivity index (χ4n) is 2.06. The first-order chi connectivity index (χ1) is 11.4. The van der Waals surface area contributed by atoms with Crippen LogP contribution in [0.3, 0.4) is 0 Å². The number of nitrogens with one attached hydrogen (secondary N) is 1. The van der Waals surface area contributed by atoms with Crippen LogP contribution in [-0.2, 0) is 10.0 Å². The van der Waals surface area contributed by atoms with Gasteiger partial charge in [-0.25, -0.2) is 17.8 Å². The third-order valence-electron chi connectivity index (χ3n) is 3.22. The molecule has 0 atom stereocenters. The Balaban J connectivity index is 1.61. The second-order valence-corrected chi connectivity index (χ2v) is 8.09. The Morgan fingerprint density at radius 1 is 1.21 bits per heavy atom. The maximum Gasteiger partial charge on any atom is 0.237 e. The quantitative estimate of drug-likeness (QED) is 0.724. The van der Waals surface area contributed by atoms with Crippen molar-refractivity contribution in [1.82, 2.24) is 4.98 Å². The minimum absolute atomic E-state index is 0.0367. The molecule has 0 amide bonds. The largest absolute Gasteiger partial charge is 0.492 e. The van der Waals surface area contributed by atoms with E-state index in [1.165, 1.54) is 35.6 Å². The molecule has 3 rings (SSSR count). The molecule has 0 fully saturated rings. The first-order valence-corrected chi connectivity index (χ1v) is 9.64. The monoisotopic (exact) mass is 366 g/mol. The lowest BCUT2D eigenvalue weighted by Gasteiger charge is -2.07. The first kappa shape index (κ1) is 16.7. The highest BCUT2D eigenvalue weighted by atomic mass is 32.2. The molecule has 0 spiro atoms. The Morgan fingerprint density at radius 3 is 2.71 bits per heavy atom. The van der Waals surface area contributed by atoms with Crippen LogP contribution in [0.1, 0.15) is 5.56 Å². The smallest absolute Gasteiger partial charge is 0.237 e. The summed E-state index contributed by atoms with van der Waals surface area (Å²) >= 11 is 1.29. The van der Waals surface area contributed by atoms with Crippen molar-refractivity contribution in [2.45, 2.75) is 6.92 Å². The van der Waals surface area contributed by atoms with Crippen molar-refractivity contribution in [3.63, 3.8) is 0 Å². The lowest BCUT2D eigenvalue weighted by atomic mass is 10.2. The van der Waals surface area contributed by atoms with Crippen molar-refractivity contribution in [3.8, 4) is 5.75 Å². The number of ether oxygens (including phenoxy) is 1. The van der Waals surface area contributed by atoms with Gasteiger partial charge < -0.3 is 4.74 Å². The summed E-state index contributed by atoms with van der Waals surface area (Å²) < 4.78 is 45.7. The van der Waals surface area contributed by atoms with E-state index in [1.54, 1.807) is 0 Å². The number of aromatic nitrogens is 1. The van der Waals surface area contributed by atoms with Crippen LogP contribution in [0.4, 0.5) is 9.52 Å². The molecule has 0 radical (unpaired) electrons. The molecule has 0 saturated carbocycles. The molecule has 8 heteroatoms. The van der Waals surface area contributed by atoms with Crippen molar-refractivity contribution in [2.75, 3.05) is 17.1 Å². The zero-order valence-corrected chi connectivity index (χ0v) is 14.5. The third-order valence-corrected chi connectivity index (χ3v) is 5.49. The lowest BCUT2D eigenvalue weighted by Crippen LogP contribution is -2.21. The Labute approximate surface area is 143 Å². The van der Waals surface area contributed by atoms with Crippen molar-refractivity contribution in [3.05, 3.63) is 53.8 Å². The Hall–Kier alpha value is -2.19. The van der Waals surface area contributed by atoms with Gasteiger partial charge in [-0.05, 0) is 48.9 Å². The number of anilines is 1. The summed E-state index contributed by atoms with van der Waals surface area (Å²) in [5, 5.41) is 0.331. The summed E-state index contributed by atoms with van der Waals surface area (Å²) in [6, 6.07) is 11.2. The van der Waals surface area contributed by atoms with Gasteiger partial charge in [-0.2, -0.15) is 0 Å². The molecule has 126 valence electrons. The van der Waals surface area contributed by atoms with Crippen LogP contribution in [0.5, 0.6) is 5.75 Å². The zero-order valence-electron chi connectivity index (χ0n) is 12.8. The lowest BCUT2D eigenvalue weighted by molar-refractivity contribution is 0.340. The van der Waals surface area contributed by atoms with Crippen LogP contribution < -0.4 is 9.46 Å². The highest BCUT2D eigenvalue weighted by Crippen LogP contribution is 2.27. The van der Waals surface area contributed by atoms with Gasteiger partial charge in [0.25, 0.3) is 0 Å². The van der Waals surface area contributed by atoms with Gasteiger partial charge in [0.1, 0.15) is 23.9 Å². The molecule has 0 bridgehead atoms. The van der Waals surface area contributed by atoms with Crippen molar-refractivity contribution in [1.29, 1.82) is 0 Å². The summed E-state index contributed by atoms with van der Waals surface area (Å²) in [6.07, 6.45) is 0. The second kappa shape index (κ2) is 6.74. The van der Waals surface area contributed by atoms with E-state index < -0.39 is 10.0 Å². The fraction of sp³-hybridized carbons (Fsp3) is 0.188. The van der Waals surface area contributed by atoms with E-state index in [0.29, 0.717) is 10.9 Å². The number of aryl methyl sites for hydroxylation is 1. The van der Waals surface area contributed by atoms with Crippen LogP contribution in [0.2, 0.25) is 0 Å². The number of sulfonamides is 1. The molecule has 0 aliphatic heterocycles. The predicted molar refractivity (Wildman–Crippen MR) is 93.7 cm³/mol. The maximum atomic E-state index is 12.8. The standard InChI is InChI=1S/C16H15FN2O3S2/c1-11-2-7-14-15(10-11)23-16(18-14)19-24(20,21)9-8-22-13-5-3-12(17)4-6-13/h2-7,10H,8-9H2,1H3,(H,18,19). The number of hydrogen-bond acceptors (Lipinski definition) is 5. The molecule has 1 heterocycles. The summed E-state index contributed by atoms with van der Waals surface area (Å²) in [5.74, 6) is -0.177. The number of halogens is 1. The van der Waals surface area contributed by atoms with Crippen LogP contribution in [-0.4, -0.2) is 25.8 Å². The molecule has 5 nitrogen and oxygen atoms in total. The van der Waals surface area contributed by atoms with E-state index in [2.05, 4.69) is 9.71 Å². The van der Waals surface area contributed by atoms with Crippen LogP contribution in [0.15, 0.2) is 42.5 Å². The van der Waals surface area contributed by atoms with E-state index in [1.807, 2.05) is 25.1 Å². The SMILES string of the molecule is Cc1ccc2nc(NS(=O)(=O)CCOc3ccc(F)cc3)sc2c1. The van der Waals surface area contributed by atoms with E-state index in [9.17, 15) is 12.8 Å². The zero-order chi connectivity index (χ0) is 17.2. The summed E-state index contributed by atoms with van der Waals surface area (Å²) in [6.45, 7) is 1.93. The highest BCUT2D eigenvalue weighted by Gasteiger charge is 2.14. The van der Waals surface area contributed by atoms with E-state index in [-0.39, 0.29) is 18.2 Å². The van der Waals surface area contributed by atoms with E-state index >= 15 is 0 Å². The molecule has 0 aliphatic rings. The Bertz CT molecular complexity index is 953. The van der Waals surface area contributed by atoms with Gasteiger partial charge in [0.2, 0.25) is 10.0 Å². The minimum Gasteiger partial charge on any atom is -0.492 e. The summed E-state index contributed by atoms with van der Waals surface area (Å²) in [5.41, 5.74) is 1.85. The molecule has 0 saturated heterocycles. The summed E-state index contributed by atoms with van der Waals surface area (Å²) in [4.78, 5) is 4.26. The van der Waals surface area contributed by atoms with E-state index in [4.69, 9.17) is 4.74 Å². The van der Waals surface area contributed by atoms with Crippen molar-refractivity contribution in [2.24, 2.45) is 0 Å². The summed E-state index contributed by atoms with van der Waals surface area (Å²) in [7, 11) is -3.57. The molecule has 1 N–H and O–H groups in total. The maximum absolute atomic E-state index is 12.8. The normalized spacial score (nSPS) is 11.6. The average molecular weight is 366 g/mol. The molecule has 0 unspecified atom stereocenters. The highest BCUT2D eigenvalue weighted by molar-refractivity contribution is 7.92.